The van der Waals surface area contributed by atoms with Crippen molar-refractivity contribution in [1.29, 1.82) is 0 Å². The molecular weight excluding hydrogens is 385 g/mol. The van der Waals surface area contributed by atoms with Crippen LogP contribution in [0, 0.1) is 15.9 Å². The van der Waals surface area contributed by atoms with Gasteiger partial charge in [0.15, 0.2) is 9.84 Å². The van der Waals surface area contributed by atoms with Gasteiger partial charge in [0.1, 0.15) is 16.4 Å². The molecule has 0 aromatic heterocycles. The SMILES string of the molecule is CS(=O)(=O)c1cccc(N2CCCN(Cc3ccc(F)cc3)CC2)c1[N+](=O)[O-]. The van der Waals surface area contributed by atoms with Crippen molar-refractivity contribution in [3.63, 3.8) is 0 Å². The zero-order chi connectivity index (χ0) is 20.3. The van der Waals surface area contributed by atoms with Gasteiger partial charge < -0.3 is 4.90 Å². The van der Waals surface area contributed by atoms with Crippen LogP contribution < -0.4 is 4.90 Å². The van der Waals surface area contributed by atoms with Crippen LogP contribution in [0.2, 0.25) is 0 Å². The topological polar surface area (TPSA) is 83.8 Å². The summed E-state index contributed by atoms with van der Waals surface area (Å²) in [5, 5.41) is 11.6. The molecule has 1 fully saturated rings. The number of nitro groups is 1. The van der Waals surface area contributed by atoms with Crippen LogP contribution in [0.1, 0.15) is 12.0 Å². The van der Waals surface area contributed by atoms with Crippen molar-refractivity contribution in [3.05, 3.63) is 64.0 Å². The zero-order valence-corrected chi connectivity index (χ0v) is 16.4. The number of sulfone groups is 1. The van der Waals surface area contributed by atoms with E-state index >= 15 is 0 Å². The standard InChI is InChI=1S/C19H22FN3O4S/c1-28(26,27)18-5-2-4-17(19(18)23(24)25)22-11-3-10-21(12-13-22)14-15-6-8-16(20)9-7-15/h2,4-9H,3,10-14H2,1H3. The minimum Gasteiger partial charge on any atom is -0.365 e. The van der Waals surface area contributed by atoms with E-state index < -0.39 is 14.8 Å². The Kier molecular flexibility index (Phi) is 5.95. The first-order chi connectivity index (χ1) is 13.3. The lowest BCUT2D eigenvalue weighted by Crippen LogP contribution is -2.31. The number of benzene rings is 2. The van der Waals surface area contributed by atoms with Gasteiger partial charge in [-0.3, -0.25) is 15.0 Å². The number of para-hydroxylation sites is 1. The zero-order valence-electron chi connectivity index (χ0n) is 15.5. The summed E-state index contributed by atoms with van der Waals surface area (Å²) in [5.74, 6) is -0.274. The highest BCUT2D eigenvalue weighted by molar-refractivity contribution is 7.90. The van der Waals surface area contributed by atoms with Crippen LogP contribution in [0.3, 0.4) is 0 Å². The van der Waals surface area contributed by atoms with E-state index in [1.165, 1.54) is 18.2 Å². The summed E-state index contributed by atoms with van der Waals surface area (Å²) >= 11 is 0. The highest BCUT2D eigenvalue weighted by Crippen LogP contribution is 2.35. The first kappa shape index (κ1) is 20.2. The molecule has 0 spiro atoms. The third kappa shape index (κ3) is 4.66. The third-order valence-corrected chi connectivity index (χ3v) is 5.94. The first-order valence-corrected chi connectivity index (χ1v) is 10.8. The molecular formula is C19H22FN3O4S. The highest BCUT2D eigenvalue weighted by Gasteiger charge is 2.29. The minimum absolute atomic E-state index is 0.262. The van der Waals surface area contributed by atoms with E-state index in [4.69, 9.17) is 0 Å². The van der Waals surface area contributed by atoms with E-state index in [9.17, 15) is 22.9 Å². The molecule has 0 atom stereocenters. The summed E-state index contributed by atoms with van der Waals surface area (Å²) < 4.78 is 37.0. The van der Waals surface area contributed by atoms with Gasteiger partial charge in [0.05, 0.1) is 4.92 Å². The second-order valence-corrected chi connectivity index (χ2v) is 8.88. The van der Waals surface area contributed by atoms with Crippen molar-refractivity contribution in [1.82, 2.24) is 4.90 Å². The molecule has 1 aliphatic heterocycles. The molecule has 0 amide bonds. The number of nitrogens with zero attached hydrogens (tertiary/aromatic N) is 3. The van der Waals surface area contributed by atoms with Crippen molar-refractivity contribution in [2.75, 3.05) is 37.3 Å². The largest absolute Gasteiger partial charge is 0.365 e. The lowest BCUT2D eigenvalue weighted by atomic mass is 10.2. The molecule has 7 nitrogen and oxygen atoms in total. The normalized spacial score (nSPS) is 16.0. The third-order valence-electron chi connectivity index (χ3n) is 4.81. The molecule has 2 aromatic rings. The van der Waals surface area contributed by atoms with Gasteiger partial charge in [0.2, 0.25) is 0 Å². The Labute approximate surface area is 163 Å². The van der Waals surface area contributed by atoms with Gasteiger partial charge in [0.25, 0.3) is 0 Å². The Bertz CT molecular complexity index is 964. The quantitative estimate of drug-likeness (QED) is 0.560. The van der Waals surface area contributed by atoms with Crippen molar-refractivity contribution in [2.24, 2.45) is 0 Å². The van der Waals surface area contributed by atoms with Crippen molar-refractivity contribution in [2.45, 2.75) is 17.9 Å². The molecule has 0 aliphatic carbocycles. The van der Waals surface area contributed by atoms with E-state index in [0.29, 0.717) is 31.9 Å². The lowest BCUT2D eigenvalue weighted by Gasteiger charge is -2.24. The minimum atomic E-state index is -3.71. The second-order valence-electron chi connectivity index (χ2n) is 6.90. The number of hydrogen-bond acceptors (Lipinski definition) is 6. The number of hydrogen-bond donors (Lipinski definition) is 0. The maximum atomic E-state index is 13.1. The average molecular weight is 407 g/mol. The number of nitro benzene ring substituents is 1. The van der Waals surface area contributed by atoms with Gasteiger partial charge >= 0.3 is 5.69 Å². The van der Waals surface area contributed by atoms with Crippen molar-refractivity contribution < 1.29 is 17.7 Å². The average Bonchev–Trinajstić information content (AvgIpc) is 2.88. The molecule has 0 bridgehead atoms. The van der Waals surface area contributed by atoms with Crippen molar-refractivity contribution >= 4 is 21.2 Å². The Morgan fingerprint density at radius 2 is 1.79 bits per heavy atom. The van der Waals surface area contributed by atoms with Crippen LogP contribution in [-0.4, -0.2) is 50.7 Å². The second kappa shape index (κ2) is 8.24. The number of rotatable bonds is 5. The van der Waals surface area contributed by atoms with Gasteiger partial charge in [0, 0.05) is 39.0 Å². The van der Waals surface area contributed by atoms with E-state index in [-0.39, 0.29) is 16.4 Å². The monoisotopic (exact) mass is 407 g/mol. The summed E-state index contributed by atoms with van der Waals surface area (Å²) in [4.78, 5) is 14.8. The Morgan fingerprint density at radius 3 is 2.43 bits per heavy atom. The molecule has 150 valence electrons. The summed E-state index contributed by atoms with van der Waals surface area (Å²) in [6.07, 6.45) is 1.76. The fourth-order valence-electron chi connectivity index (χ4n) is 3.47. The number of halogens is 1. The smallest absolute Gasteiger partial charge is 0.311 e. The van der Waals surface area contributed by atoms with Crippen LogP contribution in [0.25, 0.3) is 0 Å². The predicted octanol–water partition coefficient (Wildman–Crippen LogP) is 2.85. The van der Waals surface area contributed by atoms with E-state index in [2.05, 4.69) is 4.90 Å². The summed E-state index contributed by atoms with van der Waals surface area (Å²) in [5.41, 5.74) is 0.966. The molecule has 0 saturated carbocycles. The van der Waals surface area contributed by atoms with Crippen LogP contribution in [0.5, 0.6) is 0 Å². The first-order valence-electron chi connectivity index (χ1n) is 8.95. The Morgan fingerprint density at radius 1 is 1.07 bits per heavy atom. The van der Waals surface area contributed by atoms with Crippen LogP contribution in [-0.2, 0) is 16.4 Å². The van der Waals surface area contributed by atoms with Crippen LogP contribution in [0.4, 0.5) is 15.8 Å². The van der Waals surface area contributed by atoms with Gasteiger partial charge in [-0.2, -0.15) is 0 Å². The highest BCUT2D eigenvalue weighted by atomic mass is 32.2. The van der Waals surface area contributed by atoms with Crippen molar-refractivity contribution in [3.8, 4) is 0 Å². The van der Waals surface area contributed by atoms with E-state index in [0.717, 1.165) is 24.8 Å². The molecule has 0 N–H and O–H groups in total. The summed E-state index contributed by atoms with van der Waals surface area (Å²) in [7, 11) is -3.71. The van der Waals surface area contributed by atoms with E-state index in [1.807, 2.05) is 4.90 Å². The summed E-state index contributed by atoms with van der Waals surface area (Å²) in [6, 6.07) is 10.8. The van der Waals surface area contributed by atoms with Gasteiger partial charge in [-0.1, -0.05) is 18.2 Å². The molecule has 3 rings (SSSR count). The maximum absolute atomic E-state index is 13.1. The molecule has 0 unspecified atom stereocenters. The molecule has 1 heterocycles. The number of anilines is 1. The molecule has 9 heteroatoms. The fraction of sp³-hybridized carbons (Fsp3) is 0.368. The van der Waals surface area contributed by atoms with Crippen LogP contribution in [0.15, 0.2) is 47.4 Å². The summed E-state index contributed by atoms with van der Waals surface area (Å²) in [6.45, 7) is 3.26. The predicted molar refractivity (Wildman–Crippen MR) is 105 cm³/mol. The Hall–Kier alpha value is -2.52. The van der Waals surface area contributed by atoms with E-state index in [1.54, 1.807) is 24.3 Å². The fourth-order valence-corrected chi connectivity index (χ4v) is 4.32. The molecule has 1 saturated heterocycles. The van der Waals surface area contributed by atoms with Gasteiger partial charge in [-0.25, -0.2) is 12.8 Å². The lowest BCUT2D eigenvalue weighted by molar-refractivity contribution is -0.387. The Balaban J connectivity index is 1.80. The van der Waals surface area contributed by atoms with Crippen LogP contribution >= 0.6 is 0 Å². The van der Waals surface area contributed by atoms with Gasteiger partial charge in [-0.05, 0) is 36.2 Å². The molecule has 1 aliphatic rings. The maximum Gasteiger partial charge on any atom is 0.311 e. The molecule has 28 heavy (non-hydrogen) atoms. The van der Waals surface area contributed by atoms with Gasteiger partial charge in [-0.15, -0.1) is 0 Å². The molecule has 0 radical (unpaired) electrons. The molecule has 2 aromatic carbocycles.